The number of nitrogens with two attached hydrogens (primary N) is 1. The Morgan fingerprint density at radius 3 is 2.81 bits per heavy atom. The van der Waals surface area contributed by atoms with E-state index >= 15 is 0 Å². The van der Waals surface area contributed by atoms with Crippen LogP contribution in [0.15, 0.2) is 24.3 Å². The van der Waals surface area contributed by atoms with Gasteiger partial charge in [-0.05, 0) is 43.5 Å². The van der Waals surface area contributed by atoms with Crippen LogP contribution in [0.2, 0.25) is 0 Å². The number of thiophene rings is 1. The molecule has 3 nitrogen and oxygen atoms in total. The topological polar surface area (TPSA) is 55.1 Å². The van der Waals surface area contributed by atoms with Crippen molar-refractivity contribution in [1.29, 1.82) is 0 Å². The second-order valence-electron chi connectivity index (χ2n) is 4.04. The van der Waals surface area contributed by atoms with Gasteiger partial charge in [0.2, 0.25) is 0 Å². The maximum absolute atomic E-state index is 11.8. The molecule has 16 heavy (non-hydrogen) atoms. The van der Waals surface area contributed by atoms with E-state index in [2.05, 4.69) is 5.32 Å². The van der Waals surface area contributed by atoms with E-state index in [1.54, 1.807) is 0 Å². The molecule has 2 aromatic rings. The summed E-state index contributed by atoms with van der Waals surface area (Å²) in [5.41, 5.74) is 6.42. The summed E-state index contributed by atoms with van der Waals surface area (Å²) in [6.45, 7) is 3.90. The van der Waals surface area contributed by atoms with Crippen molar-refractivity contribution in [1.82, 2.24) is 5.32 Å². The Bertz CT molecular complexity index is 531. The Morgan fingerprint density at radius 1 is 1.38 bits per heavy atom. The van der Waals surface area contributed by atoms with Gasteiger partial charge in [-0.2, -0.15) is 0 Å². The number of hydrogen-bond donors (Lipinski definition) is 2. The molecule has 84 valence electrons. The molecule has 0 saturated carbocycles. The number of hydrogen-bond acceptors (Lipinski definition) is 3. The van der Waals surface area contributed by atoms with Crippen LogP contribution in [0.25, 0.3) is 10.1 Å². The van der Waals surface area contributed by atoms with E-state index in [-0.39, 0.29) is 11.9 Å². The highest BCUT2D eigenvalue weighted by molar-refractivity contribution is 7.20. The molecule has 4 heteroatoms. The van der Waals surface area contributed by atoms with Crippen LogP contribution in [-0.4, -0.2) is 11.9 Å². The molecular formula is C12H14N2OS. The van der Waals surface area contributed by atoms with Crippen LogP contribution in [0.1, 0.15) is 23.5 Å². The van der Waals surface area contributed by atoms with Crippen molar-refractivity contribution in [3.05, 3.63) is 29.1 Å². The molecule has 1 aromatic heterocycles. The zero-order valence-corrected chi connectivity index (χ0v) is 10.1. The lowest BCUT2D eigenvalue weighted by atomic mass is 10.2. The number of fused-ring (bicyclic) bond motifs is 1. The van der Waals surface area contributed by atoms with Gasteiger partial charge in [-0.25, -0.2) is 0 Å². The number of rotatable bonds is 2. The number of carbonyl (C=O) groups is 1. The standard InChI is InChI=1S/C12H14N2OS/c1-7(2)14-12(15)11-6-8-5-9(13)3-4-10(8)16-11/h3-7H,13H2,1-2H3,(H,14,15). The maximum Gasteiger partial charge on any atom is 0.261 e. The third-order valence-electron chi connectivity index (χ3n) is 2.18. The molecule has 0 spiro atoms. The molecular weight excluding hydrogens is 220 g/mol. The van der Waals surface area contributed by atoms with E-state index in [4.69, 9.17) is 5.73 Å². The first kappa shape index (κ1) is 11.0. The average Bonchev–Trinajstić information content (AvgIpc) is 2.59. The van der Waals surface area contributed by atoms with Gasteiger partial charge in [0.25, 0.3) is 5.91 Å². The maximum atomic E-state index is 11.8. The quantitative estimate of drug-likeness (QED) is 0.785. The van der Waals surface area contributed by atoms with Gasteiger partial charge >= 0.3 is 0 Å². The second kappa shape index (κ2) is 4.14. The molecule has 0 fully saturated rings. The number of nitrogens with one attached hydrogen (secondary N) is 1. The lowest BCUT2D eigenvalue weighted by Crippen LogP contribution is -2.29. The molecule has 0 saturated heterocycles. The van der Waals surface area contributed by atoms with Crippen molar-refractivity contribution in [2.75, 3.05) is 5.73 Å². The minimum Gasteiger partial charge on any atom is -0.399 e. The summed E-state index contributed by atoms with van der Waals surface area (Å²) >= 11 is 1.49. The van der Waals surface area contributed by atoms with Gasteiger partial charge in [-0.3, -0.25) is 4.79 Å². The molecule has 0 aliphatic heterocycles. The van der Waals surface area contributed by atoms with Crippen molar-refractivity contribution < 1.29 is 4.79 Å². The van der Waals surface area contributed by atoms with E-state index in [1.807, 2.05) is 38.1 Å². The van der Waals surface area contributed by atoms with E-state index in [9.17, 15) is 4.79 Å². The summed E-state index contributed by atoms with van der Waals surface area (Å²) in [6.07, 6.45) is 0. The lowest BCUT2D eigenvalue weighted by molar-refractivity contribution is 0.0947. The van der Waals surface area contributed by atoms with Crippen LogP contribution in [0.5, 0.6) is 0 Å². The fourth-order valence-corrected chi connectivity index (χ4v) is 2.45. The fraction of sp³-hybridized carbons (Fsp3) is 0.250. The molecule has 0 aliphatic carbocycles. The van der Waals surface area contributed by atoms with Gasteiger partial charge in [-0.15, -0.1) is 11.3 Å². The Kier molecular flexibility index (Phi) is 2.83. The summed E-state index contributed by atoms with van der Waals surface area (Å²) in [5, 5.41) is 3.90. The summed E-state index contributed by atoms with van der Waals surface area (Å²) in [6, 6.07) is 7.72. The highest BCUT2D eigenvalue weighted by Crippen LogP contribution is 2.27. The van der Waals surface area contributed by atoms with Crippen LogP contribution in [0, 0.1) is 0 Å². The van der Waals surface area contributed by atoms with Crippen LogP contribution in [-0.2, 0) is 0 Å². The van der Waals surface area contributed by atoms with Gasteiger partial charge in [0.15, 0.2) is 0 Å². The van der Waals surface area contributed by atoms with Crippen LogP contribution >= 0.6 is 11.3 Å². The van der Waals surface area contributed by atoms with Crippen molar-refractivity contribution in [3.8, 4) is 0 Å². The molecule has 0 unspecified atom stereocenters. The van der Waals surface area contributed by atoms with Gasteiger partial charge in [0, 0.05) is 16.4 Å². The molecule has 2 rings (SSSR count). The van der Waals surface area contributed by atoms with Crippen LogP contribution < -0.4 is 11.1 Å². The number of benzene rings is 1. The predicted molar refractivity (Wildman–Crippen MR) is 68.8 cm³/mol. The third-order valence-corrected chi connectivity index (χ3v) is 3.30. The zero-order chi connectivity index (χ0) is 11.7. The minimum absolute atomic E-state index is 0.0187. The average molecular weight is 234 g/mol. The summed E-state index contributed by atoms with van der Waals surface area (Å²) in [4.78, 5) is 12.5. The highest BCUT2D eigenvalue weighted by Gasteiger charge is 2.10. The van der Waals surface area contributed by atoms with Crippen molar-refractivity contribution in [2.24, 2.45) is 0 Å². The third kappa shape index (κ3) is 2.17. The molecule has 1 heterocycles. The van der Waals surface area contributed by atoms with Crippen LogP contribution in [0.4, 0.5) is 5.69 Å². The zero-order valence-electron chi connectivity index (χ0n) is 9.28. The number of anilines is 1. The van der Waals surface area contributed by atoms with E-state index in [0.717, 1.165) is 20.7 Å². The Labute approximate surface area is 98.3 Å². The van der Waals surface area contributed by atoms with Gasteiger partial charge in [0.1, 0.15) is 0 Å². The lowest BCUT2D eigenvalue weighted by Gasteiger charge is -2.05. The first-order valence-corrected chi connectivity index (χ1v) is 5.98. The molecule has 0 aliphatic rings. The largest absolute Gasteiger partial charge is 0.399 e. The molecule has 1 aromatic carbocycles. The van der Waals surface area contributed by atoms with E-state index in [0.29, 0.717) is 0 Å². The number of nitrogen functional groups attached to an aromatic ring is 1. The van der Waals surface area contributed by atoms with Gasteiger partial charge < -0.3 is 11.1 Å². The smallest absolute Gasteiger partial charge is 0.261 e. The first-order chi connectivity index (χ1) is 7.56. The van der Waals surface area contributed by atoms with E-state index < -0.39 is 0 Å². The molecule has 0 radical (unpaired) electrons. The first-order valence-electron chi connectivity index (χ1n) is 5.16. The SMILES string of the molecule is CC(C)NC(=O)c1cc2cc(N)ccc2s1. The van der Waals surface area contributed by atoms with Gasteiger partial charge in [0.05, 0.1) is 4.88 Å². The summed E-state index contributed by atoms with van der Waals surface area (Å²) in [5.74, 6) is -0.0187. The summed E-state index contributed by atoms with van der Waals surface area (Å²) in [7, 11) is 0. The molecule has 1 amide bonds. The van der Waals surface area contributed by atoms with Crippen molar-refractivity contribution >= 4 is 33.0 Å². The number of carbonyl (C=O) groups excluding carboxylic acids is 1. The van der Waals surface area contributed by atoms with Crippen molar-refractivity contribution in [2.45, 2.75) is 19.9 Å². The fourth-order valence-electron chi connectivity index (χ4n) is 1.51. The second-order valence-corrected chi connectivity index (χ2v) is 5.12. The normalized spacial score (nSPS) is 10.9. The van der Waals surface area contributed by atoms with Gasteiger partial charge in [-0.1, -0.05) is 0 Å². The minimum atomic E-state index is -0.0187. The monoisotopic (exact) mass is 234 g/mol. The Hall–Kier alpha value is -1.55. The number of amides is 1. The Balaban J connectivity index is 2.36. The van der Waals surface area contributed by atoms with Crippen LogP contribution in [0.3, 0.4) is 0 Å². The summed E-state index contributed by atoms with van der Waals surface area (Å²) < 4.78 is 1.09. The predicted octanol–water partition coefficient (Wildman–Crippen LogP) is 2.62. The Morgan fingerprint density at radius 2 is 2.12 bits per heavy atom. The molecule has 0 bridgehead atoms. The van der Waals surface area contributed by atoms with Crippen molar-refractivity contribution in [3.63, 3.8) is 0 Å². The molecule has 0 atom stereocenters. The highest BCUT2D eigenvalue weighted by atomic mass is 32.1. The van der Waals surface area contributed by atoms with E-state index in [1.165, 1.54) is 11.3 Å². The molecule has 3 N–H and O–H groups in total.